The lowest BCUT2D eigenvalue weighted by Crippen LogP contribution is -2.40. The maximum atomic E-state index is 12.5. The van der Waals surface area contributed by atoms with Crippen molar-refractivity contribution < 1.29 is 4.79 Å². The van der Waals surface area contributed by atoms with Crippen LogP contribution in [0.4, 0.5) is 0 Å². The summed E-state index contributed by atoms with van der Waals surface area (Å²) in [7, 11) is 0. The van der Waals surface area contributed by atoms with Crippen molar-refractivity contribution in [2.24, 2.45) is 11.8 Å². The second-order valence-electron chi connectivity index (χ2n) is 7.75. The molecule has 0 radical (unpaired) electrons. The van der Waals surface area contributed by atoms with Crippen LogP contribution in [0, 0.1) is 18.8 Å². The molecule has 1 amide bonds. The average Bonchev–Trinajstić information content (AvgIpc) is 2.62. The van der Waals surface area contributed by atoms with E-state index in [0.717, 1.165) is 38.5 Å². The summed E-state index contributed by atoms with van der Waals surface area (Å²) in [5.74, 6) is 1.80. The van der Waals surface area contributed by atoms with E-state index < -0.39 is 0 Å². The van der Waals surface area contributed by atoms with Gasteiger partial charge in [-0.15, -0.1) is 0 Å². The highest BCUT2D eigenvalue weighted by Gasteiger charge is 2.25. The molecule has 0 aromatic heterocycles. The fraction of sp³-hybridized carbons (Fsp3) is 0.667. The van der Waals surface area contributed by atoms with Crippen LogP contribution in [-0.2, 0) is 11.2 Å². The summed E-state index contributed by atoms with van der Waals surface area (Å²) in [5, 5.41) is 3.38. The van der Waals surface area contributed by atoms with Crippen molar-refractivity contribution in [2.75, 3.05) is 26.2 Å². The molecule has 1 aromatic carbocycles. The Morgan fingerprint density at radius 2 is 1.71 bits per heavy atom. The number of aryl methyl sites for hydroxylation is 2. The number of carbonyl (C=O) groups excluding carboxylic acids is 1. The number of likely N-dealkylation sites (tertiary alicyclic amines) is 1. The molecule has 0 saturated carbocycles. The van der Waals surface area contributed by atoms with E-state index in [1.165, 1.54) is 49.7 Å². The number of rotatable bonds is 5. The highest BCUT2D eigenvalue weighted by Crippen LogP contribution is 2.24. The number of benzene rings is 1. The first kappa shape index (κ1) is 17.5. The Morgan fingerprint density at radius 1 is 1.04 bits per heavy atom. The first-order chi connectivity index (χ1) is 11.7. The monoisotopic (exact) mass is 328 g/mol. The van der Waals surface area contributed by atoms with Crippen LogP contribution in [0.3, 0.4) is 0 Å². The molecule has 2 aliphatic heterocycles. The van der Waals surface area contributed by atoms with Crippen LogP contribution < -0.4 is 5.32 Å². The minimum absolute atomic E-state index is 0.402. The van der Waals surface area contributed by atoms with Crippen LogP contribution in [0.5, 0.6) is 0 Å². The molecule has 1 N–H and O–H groups in total. The SMILES string of the molecule is Cc1ccc(CCC2CCN(C(=O)CC3CCNCC3)CC2)cc1. The van der Waals surface area contributed by atoms with E-state index in [4.69, 9.17) is 0 Å². The third-order valence-corrected chi connectivity index (χ3v) is 5.85. The Balaban J connectivity index is 1.37. The van der Waals surface area contributed by atoms with Crippen molar-refractivity contribution in [2.45, 2.75) is 51.9 Å². The molecule has 24 heavy (non-hydrogen) atoms. The molecule has 2 aliphatic rings. The second-order valence-corrected chi connectivity index (χ2v) is 7.75. The van der Waals surface area contributed by atoms with Crippen LogP contribution in [0.25, 0.3) is 0 Å². The predicted molar refractivity (Wildman–Crippen MR) is 99.0 cm³/mol. The zero-order chi connectivity index (χ0) is 16.8. The summed E-state index contributed by atoms with van der Waals surface area (Å²) in [6.45, 7) is 6.25. The second kappa shape index (κ2) is 8.66. The van der Waals surface area contributed by atoms with Crippen molar-refractivity contribution >= 4 is 5.91 Å². The number of hydrogen-bond acceptors (Lipinski definition) is 2. The fourth-order valence-corrected chi connectivity index (χ4v) is 4.06. The van der Waals surface area contributed by atoms with Gasteiger partial charge in [-0.3, -0.25) is 4.79 Å². The fourth-order valence-electron chi connectivity index (χ4n) is 4.06. The van der Waals surface area contributed by atoms with Crippen LogP contribution in [0.2, 0.25) is 0 Å². The lowest BCUT2D eigenvalue weighted by molar-refractivity contribution is -0.133. The summed E-state index contributed by atoms with van der Waals surface area (Å²) in [5.41, 5.74) is 2.78. The molecule has 0 atom stereocenters. The topological polar surface area (TPSA) is 32.3 Å². The molecule has 0 aliphatic carbocycles. The highest BCUT2D eigenvalue weighted by atomic mass is 16.2. The van der Waals surface area contributed by atoms with Crippen molar-refractivity contribution in [3.8, 4) is 0 Å². The molecule has 132 valence electrons. The first-order valence-electron chi connectivity index (χ1n) is 9.75. The van der Waals surface area contributed by atoms with Crippen molar-refractivity contribution in [1.29, 1.82) is 0 Å². The van der Waals surface area contributed by atoms with Crippen molar-refractivity contribution in [3.63, 3.8) is 0 Å². The molecule has 2 heterocycles. The van der Waals surface area contributed by atoms with E-state index in [-0.39, 0.29) is 0 Å². The van der Waals surface area contributed by atoms with Gasteiger partial charge in [0.2, 0.25) is 5.91 Å². The van der Waals surface area contributed by atoms with Gasteiger partial charge in [0.15, 0.2) is 0 Å². The summed E-state index contributed by atoms with van der Waals surface area (Å²) >= 11 is 0. The molecule has 1 aromatic rings. The lowest BCUT2D eigenvalue weighted by Gasteiger charge is -2.33. The Kier molecular flexibility index (Phi) is 6.30. The van der Waals surface area contributed by atoms with Gasteiger partial charge in [-0.1, -0.05) is 29.8 Å². The van der Waals surface area contributed by atoms with Crippen molar-refractivity contribution in [1.82, 2.24) is 10.2 Å². The number of hydrogen-bond donors (Lipinski definition) is 1. The largest absolute Gasteiger partial charge is 0.343 e. The molecular weight excluding hydrogens is 296 g/mol. The third kappa shape index (κ3) is 5.07. The van der Waals surface area contributed by atoms with Gasteiger partial charge in [0, 0.05) is 19.5 Å². The van der Waals surface area contributed by atoms with Crippen LogP contribution in [0.1, 0.15) is 49.7 Å². The molecular formula is C21H32N2O. The van der Waals surface area contributed by atoms with Crippen LogP contribution in [0.15, 0.2) is 24.3 Å². The molecule has 0 spiro atoms. The van der Waals surface area contributed by atoms with Gasteiger partial charge in [-0.05, 0) is 75.9 Å². The third-order valence-electron chi connectivity index (χ3n) is 5.85. The Morgan fingerprint density at radius 3 is 2.38 bits per heavy atom. The van der Waals surface area contributed by atoms with E-state index >= 15 is 0 Å². The van der Waals surface area contributed by atoms with Gasteiger partial charge in [-0.25, -0.2) is 0 Å². The molecule has 3 heteroatoms. The summed E-state index contributed by atoms with van der Waals surface area (Å²) < 4.78 is 0. The number of piperidine rings is 2. The summed E-state index contributed by atoms with van der Waals surface area (Å²) in [4.78, 5) is 14.6. The number of amides is 1. The number of nitrogens with zero attached hydrogens (tertiary/aromatic N) is 1. The molecule has 3 nitrogen and oxygen atoms in total. The zero-order valence-corrected chi connectivity index (χ0v) is 15.1. The van der Waals surface area contributed by atoms with Crippen molar-refractivity contribution in [3.05, 3.63) is 35.4 Å². The van der Waals surface area contributed by atoms with Gasteiger partial charge >= 0.3 is 0 Å². The standard InChI is InChI=1S/C21H32N2O/c1-17-2-4-18(5-3-17)6-7-19-10-14-23(15-11-19)21(24)16-20-8-12-22-13-9-20/h2-5,19-20,22H,6-16H2,1H3. The summed E-state index contributed by atoms with van der Waals surface area (Å²) in [6, 6.07) is 8.93. The first-order valence-corrected chi connectivity index (χ1v) is 9.75. The summed E-state index contributed by atoms with van der Waals surface area (Å²) in [6.07, 6.45) is 7.91. The van der Waals surface area contributed by atoms with Crippen LogP contribution in [-0.4, -0.2) is 37.0 Å². The van der Waals surface area contributed by atoms with Gasteiger partial charge in [-0.2, -0.15) is 0 Å². The molecule has 2 fully saturated rings. The van der Waals surface area contributed by atoms with E-state index in [0.29, 0.717) is 11.8 Å². The zero-order valence-electron chi connectivity index (χ0n) is 15.1. The normalized spacial score (nSPS) is 20.3. The van der Waals surface area contributed by atoms with Gasteiger partial charge in [0.05, 0.1) is 0 Å². The number of nitrogens with one attached hydrogen (secondary N) is 1. The van der Waals surface area contributed by atoms with Gasteiger partial charge < -0.3 is 10.2 Å². The quantitative estimate of drug-likeness (QED) is 0.896. The molecule has 0 unspecified atom stereocenters. The van der Waals surface area contributed by atoms with E-state index in [1.54, 1.807) is 0 Å². The van der Waals surface area contributed by atoms with Gasteiger partial charge in [0.25, 0.3) is 0 Å². The average molecular weight is 329 g/mol. The Labute approximate surface area is 146 Å². The van der Waals surface area contributed by atoms with E-state index in [1.807, 2.05) is 0 Å². The lowest BCUT2D eigenvalue weighted by atomic mass is 9.89. The van der Waals surface area contributed by atoms with Gasteiger partial charge in [0.1, 0.15) is 0 Å². The minimum Gasteiger partial charge on any atom is -0.343 e. The van der Waals surface area contributed by atoms with Crippen LogP contribution >= 0.6 is 0 Å². The molecule has 0 bridgehead atoms. The molecule has 3 rings (SSSR count). The number of carbonyl (C=O) groups is 1. The van der Waals surface area contributed by atoms with E-state index in [9.17, 15) is 4.79 Å². The predicted octanol–water partition coefficient (Wildman–Crippen LogP) is 3.56. The highest BCUT2D eigenvalue weighted by molar-refractivity contribution is 5.76. The van der Waals surface area contributed by atoms with E-state index in [2.05, 4.69) is 41.4 Å². The Hall–Kier alpha value is -1.35. The minimum atomic E-state index is 0.402. The maximum Gasteiger partial charge on any atom is 0.222 e. The Bertz CT molecular complexity index is 511. The molecule has 2 saturated heterocycles. The smallest absolute Gasteiger partial charge is 0.222 e. The maximum absolute atomic E-state index is 12.5.